The van der Waals surface area contributed by atoms with E-state index >= 15 is 4.39 Å². The van der Waals surface area contributed by atoms with Crippen molar-refractivity contribution >= 4 is 0 Å². The van der Waals surface area contributed by atoms with E-state index in [1.54, 1.807) is 36.4 Å². The van der Waals surface area contributed by atoms with E-state index in [0.717, 1.165) is 56.3 Å². The van der Waals surface area contributed by atoms with Crippen molar-refractivity contribution in [2.75, 3.05) is 0 Å². The molecule has 6 rings (SSSR count). The molecule has 0 saturated heterocycles. The van der Waals surface area contributed by atoms with Crippen molar-refractivity contribution in [3.8, 4) is 17.2 Å². The number of halogens is 2. The number of rotatable bonds is 4. The zero-order valence-corrected chi connectivity index (χ0v) is 20.3. The predicted molar refractivity (Wildman–Crippen MR) is 135 cm³/mol. The summed E-state index contributed by atoms with van der Waals surface area (Å²) < 4.78 is 30.6. The molecule has 1 spiro atoms. The Morgan fingerprint density at radius 2 is 1.69 bits per heavy atom. The summed E-state index contributed by atoms with van der Waals surface area (Å²) in [6.45, 7) is 0. The van der Waals surface area contributed by atoms with Crippen LogP contribution in [-0.2, 0) is 6.42 Å². The quantitative estimate of drug-likeness (QED) is 0.414. The van der Waals surface area contributed by atoms with E-state index in [2.05, 4.69) is 6.07 Å². The Kier molecular flexibility index (Phi) is 5.88. The molecule has 1 aromatic heterocycles. The molecular weight excluding hydrogens is 454 g/mol. The van der Waals surface area contributed by atoms with Crippen LogP contribution in [0, 0.1) is 22.6 Å². The molecule has 3 aliphatic carbocycles. The predicted octanol–water partition coefficient (Wildman–Crippen LogP) is 7.63. The minimum atomic E-state index is -1.47. The molecule has 36 heavy (non-hydrogen) atoms. The Bertz CT molecular complexity index is 1320. The highest BCUT2D eigenvalue weighted by atomic mass is 19.1. The van der Waals surface area contributed by atoms with Crippen LogP contribution in [0.2, 0.25) is 0 Å². The minimum Gasteiger partial charge on any atom is -0.388 e. The summed E-state index contributed by atoms with van der Waals surface area (Å²) in [6.07, 6.45) is 6.74. The van der Waals surface area contributed by atoms with Crippen LogP contribution in [0.15, 0.2) is 48.5 Å². The largest absolute Gasteiger partial charge is 0.388 e. The van der Waals surface area contributed by atoms with Crippen LogP contribution in [0.25, 0.3) is 11.1 Å². The molecular formula is C31H30F2N2O. The highest BCUT2D eigenvalue weighted by Gasteiger charge is 2.46. The Morgan fingerprint density at radius 3 is 2.31 bits per heavy atom. The number of fused-ring (bicyclic) bond motifs is 1. The van der Waals surface area contributed by atoms with E-state index in [1.807, 2.05) is 0 Å². The third-order valence-electron chi connectivity index (χ3n) is 8.76. The highest BCUT2D eigenvalue weighted by Crippen LogP contribution is 2.56. The van der Waals surface area contributed by atoms with Gasteiger partial charge in [0.05, 0.1) is 23.4 Å². The van der Waals surface area contributed by atoms with E-state index in [1.165, 1.54) is 18.6 Å². The number of benzene rings is 2. The van der Waals surface area contributed by atoms with Crippen LogP contribution < -0.4 is 0 Å². The number of alkyl halides is 1. The van der Waals surface area contributed by atoms with Gasteiger partial charge in [-0.1, -0.05) is 43.5 Å². The molecule has 1 N–H and O–H groups in total. The third kappa shape index (κ3) is 3.92. The number of pyridine rings is 1. The molecule has 2 saturated carbocycles. The van der Waals surface area contributed by atoms with Crippen molar-refractivity contribution in [3.05, 3.63) is 88.0 Å². The van der Waals surface area contributed by atoms with E-state index in [-0.39, 0.29) is 17.2 Å². The zero-order chi connectivity index (χ0) is 24.9. The molecule has 2 aromatic carbocycles. The first-order valence-corrected chi connectivity index (χ1v) is 13.1. The zero-order valence-electron chi connectivity index (χ0n) is 20.3. The average Bonchev–Trinajstić information content (AvgIpc) is 3.42. The van der Waals surface area contributed by atoms with Crippen LogP contribution in [0.1, 0.15) is 103 Å². The summed E-state index contributed by atoms with van der Waals surface area (Å²) in [5, 5.41) is 20.7. The SMILES string of the molecule is N#Cc1ccc(C(F)c2c(C3CCCC3)nc3c(c2-c2ccc(F)cc2)C(O)CC2(CCC2)C3)cc1. The van der Waals surface area contributed by atoms with Crippen molar-refractivity contribution in [1.29, 1.82) is 5.26 Å². The van der Waals surface area contributed by atoms with E-state index in [0.29, 0.717) is 39.8 Å². The van der Waals surface area contributed by atoms with Gasteiger partial charge in [-0.2, -0.15) is 5.26 Å². The number of nitrogens with zero attached hydrogens (tertiary/aromatic N) is 2. The van der Waals surface area contributed by atoms with Crippen molar-refractivity contribution in [2.45, 2.75) is 76.0 Å². The summed E-state index contributed by atoms with van der Waals surface area (Å²) in [5.74, 6) is -0.186. The second kappa shape index (κ2) is 9.09. The van der Waals surface area contributed by atoms with Gasteiger partial charge in [0, 0.05) is 22.7 Å². The van der Waals surface area contributed by atoms with Gasteiger partial charge in [-0.3, -0.25) is 4.98 Å². The first-order valence-electron chi connectivity index (χ1n) is 13.1. The standard InChI is InChI=1S/C31H30F2N2O/c32-23-12-10-20(11-13-23)26-27-24(16-31(14-3-15-31)17-25(27)36)35-30(22-4-1-2-5-22)28(26)29(33)21-8-6-19(18-34)7-9-21/h6-13,22,25,29,36H,1-5,14-17H2. The molecule has 2 unspecified atom stereocenters. The molecule has 2 fully saturated rings. The Labute approximate surface area is 210 Å². The number of hydrogen-bond acceptors (Lipinski definition) is 3. The van der Waals surface area contributed by atoms with Crippen molar-refractivity contribution < 1.29 is 13.9 Å². The lowest BCUT2D eigenvalue weighted by atomic mass is 9.59. The highest BCUT2D eigenvalue weighted by molar-refractivity contribution is 5.75. The van der Waals surface area contributed by atoms with Crippen LogP contribution >= 0.6 is 0 Å². The molecule has 0 bridgehead atoms. The Hall–Kier alpha value is -3.10. The van der Waals surface area contributed by atoms with E-state index in [4.69, 9.17) is 4.98 Å². The van der Waals surface area contributed by atoms with Gasteiger partial charge in [0.1, 0.15) is 5.82 Å². The molecule has 3 aromatic rings. The van der Waals surface area contributed by atoms with Gasteiger partial charge in [0.15, 0.2) is 6.17 Å². The van der Waals surface area contributed by atoms with Gasteiger partial charge in [-0.25, -0.2) is 8.78 Å². The first kappa shape index (κ1) is 23.3. The number of hydrogen-bond donors (Lipinski definition) is 1. The van der Waals surface area contributed by atoms with E-state index in [9.17, 15) is 14.8 Å². The summed E-state index contributed by atoms with van der Waals surface area (Å²) in [5.41, 5.74) is 5.33. The lowest BCUT2D eigenvalue weighted by Gasteiger charge is -2.47. The average molecular weight is 485 g/mol. The monoisotopic (exact) mass is 484 g/mol. The van der Waals surface area contributed by atoms with Gasteiger partial charge < -0.3 is 5.11 Å². The lowest BCUT2D eigenvalue weighted by molar-refractivity contribution is 0.0246. The van der Waals surface area contributed by atoms with Crippen molar-refractivity contribution in [3.63, 3.8) is 0 Å². The second-order valence-electron chi connectivity index (χ2n) is 11.0. The fourth-order valence-corrected chi connectivity index (χ4v) is 6.76. The number of aliphatic hydroxyl groups excluding tert-OH is 1. The van der Waals surface area contributed by atoms with Crippen LogP contribution in [0.3, 0.4) is 0 Å². The van der Waals surface area contributed by atoms with Crippen LogP contribution in [0.5, 0.6) is 0 Å². The summed E-state index contributed by atoms with van der Waals surface area (Å²) >= 11 is 0. The number of aromatic nitrogens is 1. The smallest absolute Gasteiger partial charge is 0.153 e. The maximum absolute atomic E-state index is 16.7. The first-order chi connectivity index (χ1) is 17.5. The summed E-state index contributed by atoms with van der Waals surface area (Å²) in [4.78, 5) is 5.18. The van der Waals surface area contributed by atoms with Crippen molar-refractivity contribution in [2.24, 2.45) is 5.41 Å². The van der Waals surface area contributed by atoms with Gasteiger partial charge in [-0.15, -0.1) is 0 Å². The second-order valence-corrected chi connectivity index (χ2v) is 11.0. The molecule has 0 aliphatic heterocycles. The van der Waals surface area contributed by atoms with Crippen LogP contribution in [-0.4, -0.2) is 10.1 Å². The summed E-state index contributed by atoms with van der Waals surface area (Å²) in [6, 6.07) is 14.9. The maximum atomic E-state index is 16.7. The van der Waals surface area contributed by atoms with E-state index < -0.39 is 12.3 Å². The molecule has 1 heterocycles. The molecule has 184 valence electrons. The van der Waals surface area contributed by atoms with Crippen LogP contribution in [0.4, 0.5) is 8.78 Å². The normalized spacial score (nSPS) is 21.6. The summed E-state index contributed by atoms with van der Waals surface area (Å²) in [7, 11) is 0. The fourth-order valence-electron chi connectivity index (χ4n) is 6.76. The van der Waals surface area contributed by atoms with Crippen molar-refractivity contribution in [1.82, 2.24) is 4.98 Å². The molecule has 5 heteroatoms. The van der Waals surface area contributed by atoms with Gasteiger partial charge in [-0.05, 0) is 84.9 Å². The maximum Gasteiger partial charge on any atom is 0.153 e. The Balaban J connectivity index is 1.61. The van der Waals surface area contributed by atoms with Gasteiger partial charge in [0.2, 0.25) is 0 Å². The fraction of sp³-hybridized carbons (Fsp3) is 0.419. The van der Waals surface area contributed by atoms with Gasteiger partial charge in [0.25, 0.3) is 0 Å². The minimum absolute atomic E-state index is 0.0934. The molecule has 0 radical (unpaired) electrons. The molecule has 2 atom stereocenters. The Morgan fingerprint density at radius 1 is 1.00 bits per heavy atom. The molecule has 3 nitrogen and oxygen atoms in total. The number of nitriles is 1. The number of aliphatic hydroxyl groups is 1. The topological polar surface area (TPSA) is 56.9 Å². The molecule has 0 amide bonds. The lowest BCUT2D eigenvalue weighted by Crippen LogP contribution is -2.38. The van der Waals surface area contributed by atoms with Gasteiger partial charge >= 0.3 is 0 Å². The third-order valence-corrected chi connectivity index (χ3v) is 8.76. The molecule has 3 aliphatic rings.